The maximum absolute atomic E-state index is 13.0. The molecule has 0 aromatic heterocycles. The summed E-state index contributed by atoms with van der Waals surface area (Å²) in [5.74, 6) is 2.62. The molecule has 0 atom stereocenters. The Morgan fingerprint density at radius 3 is 2.57 bits per heavy atom. The molecule has 1 aliphatic carbocycles. The van der Waals surface area contributed by atoms with Gasteiger partial charge < -0.3 is 15.1 Å². The lowest BCUT2D eigenvalue weighted by atomic mass is 9.94. The molecule has 4 aliphatic rings. The molecule has 35 heavy (non-hydrogen) atoms. The summed E-state index contributed by atoms with van der Waals surface area (Å²) < 4.78 is 0. The number of hydrogen-bond acceptors (Lipinski definition) is 5. The van der Waals surface area contributed by atoms with Gasteiger partial charge in [0, 0.05) is 57.1 Å². The number of hydrogen-bond donors (Lipinski definition) is 1. The number of piperidine rings is 1. The van der Waals surface area contributed by atoms with Gasteiger partial charge in [-0.3, -0.25) is 9.69 Å². The van der Waals surface area contributed by atoms with E-state index in [1.807, 2.05) is 0 Å². The molecule has 0 unspecified atom stereocenters. The lowest BCUT2D eigenvalue weighted by molar-refractivity contribution is -0.130. The average molecular weight is 480 g/mol. The summed E-state index contributed by atoms with van der Waals surface area (Å²) in [5.41, 5.74) is 4.04. The molecule has 1 saturated carbocycles. The molecule has 0 aromatic rings. The lowest BCUT2D eigenvalue weighted by Gasteiger charge is -2.47. The van der Waals surface area contributed by atoms with E-state index < -0.39 is 0 Å². The van der Waals surface area contributed by atoms with Crippen LogP contribution in [0.5, 0.6) is 0 Å². The number of nitrogens with zero attached hydrogens (tertiary/aromatic N) is 4. The third-order valence-electron chi connectivity index (χ3n) is 7.73. The zero-order chi connectivity index (χ0) is 24.8. The first kappa shape index (κ1) is 25.7. The van der Waals surface area contributed by atoms with Crippen molar-refractivity contribution in [3.8, 4) is 0 Å². The second-order valence-electron chi connectivity index (χ2n) is 10.8. The Morgan fingerprint density at radius 1 is 1.11 bits per heavy atom. The third kappa shape index (κ3) is 6.46. The zero-order valence-electron chi connectivity index (χ0n) is 22.4. The van der Waals surface area contributed by atoms with Gasteiger partial charge in [-0.2, -0.15) is 0 Å². The molecule has 6 nitrogen and oxygen atoms in total. The molecule has 3 heterocycles. The Hall–Kier alpha value is -2.34. The van der Waals surface area contributed by atoms with Crippen LogP contribution in [0.4, 0.5) is 0 Å². The van der Waals surface area contributed by atoms with Crippen molar-refractivity contribution in [3.05, 3.63) is 47.1 Å². The molecule has 0 radical (unpaired) electrons. The first-order valence-corrected chi connectivity index (χ1v) is 13.8. The number of rotatable bonds is 7. The summed E-state index contributed by atoms with van der Waals surface area (Å²) in [6, 6.07) is 0.319. The number of aliphatic imine (C=N–C) groups is 1. The van der Waals surface area contributed by atoms with Gasteiger partial charge in [-0.25, -0.2) is 4.99 Å². The first-order valence-electron chi connectivity index (χ1n) is 13.8. The predicted octanol–water partition coefficient (Wildman–Crippen LogP) is 4.83. The smallest absolute Gasteiger partial charge is 0.226 e. The molecular formula is C29H45N5O. The molecule has 0 aromatic carbocycles. The number of carbonyl (C=O) groups is 1. The number of nitrogens with one attached hydrogen (secondary N) is 1. The van der Waals surface area contributed by atoms with Gasteiger partial charge in [0.05, 0.1) is 5.92 Å². The normalized spacial score (nSPS) is 23.8. The Bertz CT molecular complexity index is 909. The Morgan fingerprint density at radius 2 is 1.86 bits per heavy atom. The zero-order valence-corrected chi connectivity index (χ0v) is 22.4. The van der Waals surface area contributed by atoms with Crippen LogP contribution in [-0.4, -0.2) is 72.1 Å². The molecule has 0 spiro atoms. The fourth-order valence-electron chi connectivity index (χ4n) is 5.50. The van der Waals surface area contributed by atoms with E-state index in [2.05, 4.69) is 72.1 Å². The summed E-state index contributed by atoms with van der Waals surface area (Å²) in [4.78, 5) is 25.2. The Kier molecular flexibility index (Phi) is 8.88. The van der Waals surface area contributed by atoms with Crippen LogP contribution in [0, 0.1) is 5.92 Å². The lowest BCUT2D eigenvalue weighted by Crippen LogP contribution is -2.57. The highest BCUT2D eigenvalue weighted by atomic mass is 16.2. The molecule has 4 rings (SSSR count). The summed E-state index contributed by atoms with van der Waals surface area (Å²) in [6.45, 7) is 11.2. The van der Waals surface area contributed by atoms with Crippen LogP contribution in [-0.2, 0) is 4.79 Å². The molecule has 192 valence electrons. The first-order chi connectivity index (χ1) is 17.0. The minimum atomic E-state index is 0.0840. The van der Waals surface area contributed by atoms with Crippen LogP contribution in [0.25, 0.3) is 0 Å². The maximum Gasteiger partial charge on any atom is 0.226 e. The van der Waals surface area contributed by atoms with E-state index in [4.69, 9.17) is 4.99 Å². The fourth-order valence-corrected chi connectivity index (χ4v) is 5.50. The highest BCUT2D eigenvalue weighted by Gasteiger charge is 2.39. The number of allylic oxidation sites excluding steroid dienone is 5. The third-order valence-corrected chi connectivity index (χ3v) is 7.73. The average Bonchev–Trinajstić information content (AvgIpc) is 3.05. The molecule has 3 aliphatic heterocycles. The number of amides is 1. The topological polar surface area (TPSA) is 51.2 Å². The van der Waals surface area contributed by atoms with E-state index in [0.717, 1.165) is 70.6 Å². The second-order valence-corrected chi connectivity index (χ2v) is 10.8. The van der Waals surface area contributed by atoms with E-state index in [0.29, 0.717) is 6.04 Å². The standard InChI is InChI=1S/C29H45N5O/c1-5-6-8-13-27-31-26-12-10-7-9-11-25(26)29(32(27)4)34-20-23(21-34)28(35)30-24-15-18-33(19-16-24)17-14-22(2)3/h6,8,13-14,23-24H,5,7,9-12,15-21H2,1-4H3,(H,30,35)/b8-6-,27-13-. The number of fused-ring (bicyclic) bond motifs is 1. The highest BCUT2D eigenvalue weighted by molar-refractivity contribution is 6.02. The summed E-state index contributed by atoms with van der Waals surface area (Å²) in [7, 11) is 2.13. The van der Waals surface area contributed by atoms with Gasteiger partial charge in [-0.15, -0.1) is 0 Å². The van der Waals surface area contributed by atoms with Gasteiger partial charge in [0.15, 0.2) is 0 Å². The van der Waals surface area contributed by atoms with E-state index in [9.17, 15) is 4.79 Å². The van der Waals surface area contributed by atoms with Crippen molar-refractivity contribution >= 4 is 11.6 Å². The fraction of sp³-hybridized carbons (Fsp3) is 0.655. The molecule has 1 amide bonds. The van der Waals surface area contributed by atoms with Crippen LogP contribution < -0.4 is 5.32 Å². The predicted molar refractivity (Wildman–Crippen MR) is 145 cm³/mol. The molecule has 2 saturated heterocycles. The second kappa shape index (κ2) is 12.1. The van der Waals surface area contributed by atoms with Crippen molar-refractivity contribution in [3.63, 3.8) is 0 Å². The van der Waals surface area contributed by atoms with Gasteiger partial charge in [0.1, 0.15) is 11.6 Å². The van der Waals surface area contributed by atoms with Gasteiger partial charge in [0.2, 0.25) is 5.91 Å². The van der Waals surface area contributed by atoms with E-state index >= 15 is 0 Å². The van der Waals surface area contributed by atoms with Crippen LogP contribution >= 0.6 is 0 Å². The number of carbonyl (C=O) groups excluding carboxylic acids is 1. The number of likely N-dealkylation sites (tertiary alicyclic amines) is 2. The van der Waals surface area contributed by atoms with Crippen LogP contribution in [0.1, 0.15) is 72.1 Å². The molecule has 6 heteroatoms. The van der Waals surface area contributed by atoms with E-state index in [-0.39, 0.29) is 11.8 Å². The SMILES string of the molecule is CC/C=C\C=C1\N=C2CCCCCC2=C(N2CC(C(=O)NC3CCN(CC=C(C)C)CC3)C2)N1C. The summed E-state index contributed by atoms with van der Waals surface area (Å²) in [5, 5.41) is 3.37. The molecule has 3 fully saturated rings. The minimum Gasteiger partial charge on any atom is -0.356 e. The van der Waals surface area contributed by atoms with Crippen molar-refractivity contribution in [1.29, 1.82) is 0 Å². The van der Waals surface area contributed by atoms with Crippen LogP contribution in [0.2, 0.25) is 0 Å². The molecule has 0 bridgehead atoms. The minimum absolute atomic E-state index is 0.0840. The van der Waals surface area contributed by atoms with Gasteiger partial charge >= 0.3 is 0 Å². The van der Waals surface area contributed by atoms with Crippen molar-refractivity contribution in [1.82, 2.24) is 20.0 Å². The summed E-state index contributed by atoms with van der Waals surface area (Å²) in [6.07, 6.45) is 17.7. The maximum atomic E-state index is 13.0. The van der Waals surface area contributed by atoms with Crippen molar-refractivity contribution < 1.29 is 4.79 Å². The van der Waals surface area contributed by atoms with Crippen molar-refractivity contribution in [2.75, 3.05) is 39.8 Å². The molecular weight excluding hydrogens is 434 g/mol. The van der Waals surface area contributed by atoms with Gasteiger partial charge in [-0.05, 0) is 64.9 Å². The Balaban J connectivity index is 1.35. The Labute approximate surface area is 212 Å². The van der Waals surface area contributed by atoms with Crippen molar-refractivity contribution in [2.24, 2.45) is 10.9 Å². The van der Waals surface area contributed by atoms with Crippen molar-refractivity contribution in [2.45, 2.75) is 78.2 Å². The monoisotopic (exact) mass is 479 g/mol. The van der Waals surface area contributed by atoms with Gasteiger partial charge in [-0.1, -0.05) is 37.1 Å². The van der Waals surface area contributed by atoms with E-state index in [1.165, 1.54) is 41.9 Å². The van der Waals surface area contributed by atoms with Crippen LogP contribution in [0.15, 0.2) is 52.1 Å². The van der Waals surface area contributed by atoms with E-state index in [1.54, 1.807) is 0 Å². The quantitative estimate of drug-likeness (QED) is 0.531. The summed E-state index contributed by atoms with van der Waals surface area (Å²) >= 11 is 0. The van der Waals surface area contributed by atoms with Gasteiger partial charge in [0.25, 0.3) is 0 Å². The largest absolute Gasteiger partial charge is 0.356 e. The van der Waals surface area contributed by atoms with Crippen LogP contribution in [0.3, 0.4) is 0 Å². The molecule has 1 N–H and O–H groups in total. The highest BCUT2D eigenvalue weighted by Crippen LogP contribution is 2.36.